The number of aryl methyl sites for hydroxylation is 1. The van der Waals surface area contributed by atoms with Crippen LogP contribution < -0.4 is 22.1 Å². The fourth-order valence-corrected chi connectivity index (χ4v) is 1.05. The van der Waals surface area contributed by atoms with Crippen LogP contribution in [0.15, 0.2) is 18.2 Å². The van der Waals surface area contributed by atoms with Crippen LogP contribution >= 0.6 is 0 Å². The number of rotatable bonds is 2. The molecule has 4 heteroatoms. The second kappa shape index (κ2) is 3.42. The van der Waals surface area contributed by atoms with Gasteiger partial charge in [-0.15, -0.1) is 0 Å². The maximum atomic E-state index is 5.57. The molecular weight excluding hydrogens is 152 g/mol. The monoisotopic (exact) mass is 166 g/mol. The molecule has 4 nitrogen and oxygen atoms in total. The fourth-order valence-electron chi connectivity index (χ4n) is 1.05. The van der Waals surface area contributed by atoms with Crippen molar-refractivity contribution in [3.8, 4) is 0 Å². The van der Waals surface area contributed by atoms with Gasteiger partial charge in [-0.25, -0.2) is 5.84 Å². The van der Waals surface area contributed by atoms with Crippen molar-refractivity contribution in [2.24, 2.45) is 11.7 Å². The molecule has 66 valence electrons. The zero-order valence-electron chi connectivity index (χ0n) is 7.33. The molecule has 0 aliphatic rings. The Morgan fingerprint density at radius 1 is 1.33 bits per heavy atom. The van der Waals surface area contributed by atoms with Crippen molar-refractivity contribution in [3.05, 3.63) is 23.8 Å². The van der Waals surface area contributed by atoms with E-state index in [4.69, 9.17) is 11.7 Å². The molecule has 0 saturated heterocycles. The molecule has 0 bridgehead atoms. The van der Waals surface area contributed by atoms with Gasteiger partial charge in [0, 0.05) is 7.05 Å². The largest absolute Gasteiger partial charge is 0.324 e. The summed E-state index contributed by atoms with van der Waals surface area (Å²) in [6.07, 6.45) is 0. The van der Waals surface area contributed by atoms with Gasteiger partial charge in [-0.3, -0.25) is 5.84 Å². The predicted octanol–water partition coefficient (Wildman–Crippen LogP) is 0.591. The molecule has 0 heterocycles. The predicted molar refractivity (Wildman–Crippen MR) is 51.6 cm³/mol. The van der Waals surface area contributed by atoms with Crippen molar-refractivity contribution in [2.45, 2.75) is 6.92 Å². The lowest BCUT2D eigenvalue weighted by Gasteiger charge is -2.14. The number of hydrogen-bond acceptors (Lipinski definition) is 4. The maximum absolute atomic E-state index is 5.57. The number of hydrogen-bond donors (Lipinski definition) is 3. The molecule has 5 N–H and O–H groups in total. The lowest BCUT2D eigenvalue weighted by atomic mass is 10.2. The highest BCUT2D eigenvalue weighted by Gasteiger charge is 1.98. The quantitative estimate of drug-likeness (QED) is 0.444. The van der Waals surface area contributed by atoms with Gasteiger partial charge in [-0.05, 0) is 30.7 Å². The maximum Gasteiger partial charge on any atom is 0.0537 e. The molecular formula is C8H14N4. The van der Waals surface area contributed by atoms with Crippen molar-refractivity contribution < 1.29 is 0 Å². The minimum atomic E-state index is 0.863. The van der Waals surface area contributed by atoms with Gasteiger partial charge in [0.1, 0.15) is 0 Å². The van der Waals surface area contributed by atoms with Crippen LogP contribution in [0.5, 0.6) is 0 Å². The van der Waals surface area contributed by atoms with E-state index in [1.165, 1.54) is 0 Å². The van der Waals surface area contributed by atoms with Crippen LogP contribution in [0.4, 0.5) is 11.4 Å². The van der Waals surface area contributed by atoms with Gasteiger partial charge in [0.15, 0.2) is 0 Å². The third kappa shape index (κ3) is 1.87. The lowest BCUT2D eigenvalue weighted by Crippen LogP contribution is -2.25. The van der Waals surface area contributed by atoms with E-state index < -0.39 is 0 Å². The van der Waals surface area contributed by atoms with Crippen molar-refractivity contribution >= 4 is 11.4 Å². The van der Waals surface area contributed by atoms with Crippen molar-refractivity contribution in [3.63, 3.8) is 0 Å². The first-order valence-corrected chi connectivity index (χ1v) is 3.70. The zero-order chi connectivity index (χ0) is 9.14. The summed E-state index contributed by atoms with van der Waals surface area (Å²) in [6.45, 7) is 1.99. The number of hydrazine groups is 2. The molecule has 0 saturated carbocycles. The molecule has 0 unspecified atom stereocenters. The van der Waals surface area contributed by atoms with Gasteiger partial charge in [-0.2, -0.15) is 0 Å². The summed E-state index contributed by atoms with van der Waals surface area (Å²) in [6, 6.07) is 5.82. The smallest absolute Gasteiger partial charge is 0.0537 e. The average Bonchev–Trinajstić information content (AvgIpc) is 2.03. The summed E-state index contributed by atoms with van der Waals surface area (Å²) >= 11 is 0. The summed E-state index contributed by atoms with van der Waals surface area (Å²) in [5, 5.41) is 1.55. The Labute approximate surface area is 72.1 Å². The van der Waals surface area contributed by atoms with E-state index in [2.05, 4.69) is 5.43 Å². The summed E-state index contributed by atoms with van der Waals surface area (Å²) < 4.78 is 0. The Morgan fingerprint density at radius 2 is 2.00 bits per heavy atom. The van der Waals surface area contributed by atoms with Crippen LogP contribution in [0, 0.1) is 6.92 Å². The third-order valence-corrected chi connectivity index (χ3v) is 1.64. The Balaban J connectivity index is 3.06. The van der Waals surface area contributed by atoms with E-state index in [0.29, 0.717) is 0 Å². The Morgan fingerprint density at radius 3 is 2.50 bits per heavy atom. The Kier molecular flexibility index (Phi) is 2.52. The molecule has 1 aromatic rings. The van der Waals surface area contributed by atoms with Crippen molar-refractivity contribution in [2.75, 3.05) is 17.5 Å². The summed E-state index contributed by atoms with van der Waals surface area (Å²) in [4.78, 5) is 0. The van der Waals surface area contributed by atoms with Gasteiger partial charge in [0.25, 0.3) is 0 Å². The first-order chi connectivity index (χ1) is 5.63. The normalized spacial score (nSPS) is 9.67. The molecule has 0 amide bonds. The molecule has 0 atom stereocenters. The van der Waals surface area contributed by atoms with Crippen LogP contribution in [0.2, 0.25) is 0 Å². The highest BCUT2D eigenvalue weighted by Crippen LogP contribution is 2.18. The molecule has 0 radical (unpaired) electrons. The molecule has 12 heavy (non-hydrogen) atoms. The van der Waals surface area contributed by atoms with Crippen LogP contribution in [0.1, 0.15) is 5.56 Å². The molecule has 0 aromatic heterocycles. The summed E-state index contributed by atoms with van der Waals surface area (Å²) in [7, 11) is 1.79. The number of nitrogens with zero attached hydrogens (tertiary/aromatic N) is 1. The fraction of sp³-hybridized carbons (Fsp3) is 0.250. The molecule has 0 spiro atoms. The molecule has 1 aromatic carbocycles. The van der Waals surface area contributed by atoms with Crippen LogP contribution in [-0.4, -0.2) is 7.05 Å². The molecule has 0 fully saturated rings. The molecule has 0 aliphatic carbocycles. The van der Waals surface area contributed by atoms with E-state index in [0.717, 1.165) is 16.9 Å². The molecule has 0 aliphatic heterocycles. The zero-order valence-corrected chi connectivity index (χ0v) is 7.33. The van der Waals surface area contributed by atoms with Crippen molar-refractivity contribution in [1.82, 2.24) is 0 Å². The minimum absolute atomic E-state index is 0.863. The molecule has 1 rings (SSSR count). The first kappa shape index (κ1) is 8.83. The van der Waals surface area contributed by atoms with Crippen LogP contribution in [0.3, 0.4) is 0 Å². The van der Waals surface area contributed by atoms with E-state index >= 15 is 0 Å². The first-order valence-electron chi connectivity index (χ1n) is 3.70. The Bertz CT molecular complexity index is 270. The second-order valence-electron chi connectivity index (χ2n) is 2.81. The van der Waals surface area contributed by atoms with Gasteiger partial charge < -0.3 is 10.4 Å². The van der Waals surface area contributed by atoms with E-state index in [-0.39, 0.29) is 0 Å². The SMILES string of the molecule is Cc1cc(NN)cc(N(C)N)c1. The van der Waals surface area contributed by atoms with Crippen LogP contribution in [-0.2, 0) is 0 Å². The van der Waals surface area contributed by atoms with E-state index in [1.54, 1.807) is 12.1 Å². The summed E-state index contributed by atoms with van der Waals surface area (Å²) in [5.74, 6) is 10.8. The number of nitrogen functional groups attached to an aromatic ring is 1. The number of anilines is 2. The lowest BCUT2D eigenvalue weighted by molar-refractivity contribution is 1.02. The number of benzene rings is 1. The van der Waals surface area contributed by atoms with Crippen LogP contribution in [0.25, 0.3) is 0 Å². The Hall–Kier alpha value is -1.26. The minimum Gasteiger partial charge on any atom is -0.324 e. The van der Waals surface area contributed by atoms with Gasteiger partial charge in [-0.1, -0.05) is 0 Å². The number of nitrogens with two attached hydrogens (primary N) is 2. The highest BCUT2D eigenvalue weighted by atomic mass is 15.4. The topological polar surface area (TPSA) is 67.3 Å². The van der Waals surface area contributed by atoms with Gasteiger partial charge >= 0.3 is 0 Å². The standard InChI is InChI=1S/C8H14N4/c1-6-3-7(11-9)5-8(4-6)12(2)10/h3-5,11H,9-10H2,1-2H3. The van der Waals surface area contributed by atoms with E-state index in [9.17, 15) is 0 Å². The highest BCUT2D eigenvalue weighted by molar-refractivity contribution is 5.58. The number of nitrogens with one attached hydrogen (secondary N) is 1. The van der Waals surface area contributed by atoms with E-state index in [1.807, 2.05) is 25.1 Å². The van der Waals surface area contributed by atoms with Gasteiger partial charge in [0.2, 0.25) is 0 Å². The second-order valence-corrected chi connectivity index (χ2v) is 2.81. The summed E-state index contributed by atoms with van der Waals surface area (Å²) in [5.41, 5.74) is 5.50. The van der Waals surface area contributed by atoms with Gasteiger partial charge in [0.05, 0.1) is 11.4 Å². The van der Waals surface area contributed by atoms with Crippen molar-refractivity contribution in [1.29, 1.82) is 0 Å². The average molecular weight is 166 g/mol. The third-order valence-electron chi connectivity index (χ3n) is 1.64.